The van der Waals surface area contributed by atoms with Crippen LogP contribution in [0.3, 0.4) is 0 Å². The lowest BCUT2D eigenvalue weighted by atomic mass is 9.79. The summed E-state index contributed by atoms with van der Waals surface area (Å²) in [4.78, 5) is 18.0. The highest BCUT2D eigenvalue weighted by molar-refractivity contribution is 5.89. The summed E-state index contributed by atoms with van der Waals surface area (Å²) in [6, 6.07) is 0. The maximum Gasteiger partial charge on any atom is 0.209 e. The average Bonchev–Trinajstić information content (AvgIpc) is 3.03. The molecule has 3 rings (SSSR count). The molecule has 0 radical (unpaired) electrons. The van der Waals surface area contributed by atoms with E-state index in [2.05, 4.69) is 44.6 Å². The fourth-order valence-corrected chi connectivity index (χ4v) is 3.35. The van der Waals surface area contributed by atoms with Crippen molar-refractivity contribution < 1.29 is 5.11 Å². The Hall–Kier alpha value is -2.70. The summed E-state index contributed by atoms with van der Waals surface area (Å²) in [6.07, 6.45) is 11.4. The number of aliphatic hydroxyl groups is 1. The Kier molecular flexibility index (Phi) is 5.58. The second kappa shape index (κ2) is 7.90. The number of aromatic nitrogens is 4. The molecular formula is C21H25N5O. The first-order chi connectivity index (χ1) is 12.9. The standard InChI is InChI=1S/C21H25N5O/c1-5-12-26-14-22-18-19(23-16(4)6-2)24-17(25-20(18)26)9-11-21(27)10-7-8-15(3)13-21/h1,14-15,27H,6-8,10,12-13H2,2-4H3/b23-16-/t15-,21-/m1/s1. The quantitative estimate of drug-likeness (QED) is 0.671. The number of rotatable bonds is 3. The molecule has 1 N–H and O–H groups in total. The Morgan fingerprint density at radius 2 is 2.30 bits per heavy atom. The maximum absolute atomic E-state index is 10.8. The molecule has 6 nitrogen and oxygen atoms in total. The summed E-state index contributed by atoms with van der Waals surface area (Å²) in [7, 11) is 0. The summed E-state index contributed by atoms with van der Waals surface area (Å²) >= 11 is 0. The highest BCUT2D eigenvalue weighted by atomic mass is 16.3. The van der Waals surface area contributed by atoms with Gasteiger partial charge in [0.05, 0.1) is 12.9 Å². The van der Waals surface area contributed by atoms with Crippen molar-refractivity contribution in [2.24, 2.45) is 10.9 Å². The van der Waals surface area contributed by atoms with Gasteiger partial charge in [0, 0.05) is 5.71 Å². The predicted molar refractivity (Wildman–Crippen MR) is 107 cm³/mol. The smallest absolute Gasteiger partial charge is 0.209 e. The van der Waals surface area contributed by atoms with E-state index in [1.165, 1.54) is 0 Å². The normalized spacial score (nSPS) is 22.9. The van der Waals surface area contributed by atoms with Crippen molar-refractivity contribution in [3.8, 4) is 24.2 Å². The highest BCUT2D eigenvalue weighted by Gasteiger charge is 2.30. The molecule has 0 aliphatic heterocycles. The predicted octanol–water partition coefficient (Wildman–Crippen LogP) is 3.25. The molecule has 140 valence electrons. The lowest BCUT2D eigenvalue weighted by Crippen LogP contribution is -2.32. The van der Waals surface area contributed by atoms with Gasteiger partial charge in [0.15, 0.2) is 17.0 Å². The minimum absolute atomic E-state index is 0.329. The van der Waals surface area contributed by atoms with Gasteiger partial charge in [-0.3, -0.25) is 0 Å². The van der Waals surface area contributed by atoms with Crippen LogP contribution in [-0.4, -0.2) is 35.9 Å². The Labute approximate surface area is 160 Å². The minimum Gasteiger partial charge on any atom is -0.378 e. The third-order valence-corrected chi connectivity index (χ3v) is 4.90. The van der Waals surface area contributed by atoms with Gasteiger partial charge < -0.3 is 9.67 Å². The topological polar surface area (TPSA) is 76.2 Å². The lowest BCUT2D eigenvalue weighted by Gasteiger charge is -2.30. The van der Waals surface area contributed by atoms with Crippen LogP contribution in [0, 0.1) is 30.1 Å². The molecule has 0 bridgehead atoms. The molecule has 0 saturated heterocycles. The molecule has 1 aliphatic rings. The number of imidazole rings is 1. The molecule has 2 aromatic rings. The number of terminal acetylenes is 1. The van der Waals surface area contributed by atoms with E-state index in [0.29, 0.717) is 48.1 Å². The van der Waals surface area contributed by atoms with E-state index < -0.39 is 5.60 Å². The van der Waals surface area contributed by atoms with E-state index in [9.17, 15) is 5.11 Å². The molecule has 1 aliphatic carbocycles. The molecular weight excluding hydrogens is 338 g/mol. The zero-order chi connectivity index (χ0) is 19.4. The Balaban J connectivity index is 2.07. The molecule has 0 spiro atoms. The van der Waals surface area contributed by atoms with Crippen molar-refractivity contribution in [3.05, 3.63) is 12.2 Å². The molecule has 2 atom stereocenters. The minimum atomic E-state index is -0.974. The fraction of sp³-hybridized carbons (Fsp3) is 0.524. The molecule has 1 fully saturated rings. The zero-order valence-electron chi connectivity index (χ0n) is 16.2. The van der Waals surface area contributed by atoms with Gasteiger partial charge in [-0.15, -0.1) is 6.42 Å². The van der Waals surface area contributed by atoms with Crippen molar-refractivity contribution in [1.82, 2.24) is 19.5 Å². The second-order valence-corrected chi connectivity index (χ2v) is 7.30. The third-order valence-electron chi connectivity index (χ3n) is 4.90. The van der Waals surface area contributed by atoms with Gasteiger partial charge in [0.25, 0.3) is 0 Å². The number of hydrogen-bond acceptors (Lipinski definition) is 5. The van der Waals surface area contributed by atoms with Crippen LogP contribution in [0.2, 0.25) is 0 Å². The van der Waals surface area contributed by atoms with Crippen molar-refractivity contribution in [3.63, 3.8) is 0 Å². The van der Waals surface area contributed by atoms with Gasteiger partial charge >= 0.3 is 0 Å². The second-order valence-electron chi connectivity index (χ2n) is 7.30. The summed E-state index contributed by atoms with van der Waals surface area (Å²) in [5.41, 5.74) is 1.19. The Morgan fingerprint density at radius 1 is 1.48 bits per heavy atom. The number of fused-ring (bicyclic) bond motifs is 1. The van der Waals surface area contributed by atoms with E-state index >= 15 is 0 Å². The molecule has 0 amide bonds. The van der Waals surface area contributed by atoms with Crippen molar-refractivity contribution >= 4 is 22.7 Å². The van der Waals surface area contributed by atoms with Crippen molar-refractivity contribution in [1.29, 1.82) is 0 Å². The van der Waals surface area contributed by atoms with Crippen LogP contribution < -0.4 is 0 Å². The first-order valence-electron chi connectivity index (χ1n) is 9.40. The molecule has 0 aromatic carbocycles. The van der Waals surface area contributed by atoms with Crippen LogP contribution in [0.4, 0.5) is 5.82 Å². The average molecular weight is 363 g/mol. The van der Waals surface area contributed by atoms with Gasteiger partial charge in [0.1, 0.15) is 5.60 Å². The summed E-state index contributed by atoms with van der Waals surface area (Å²) in [5.74, 6) is 9.86. The SMILES string of the molecule is C#CCn1cnc2c(/N=C(/C)CC)nc(C#C[C@]3(O)CCC[C@@H](C)C3)nc21. The third kappa shape index (κ3) is 4.35. The van der Waals surface area contributed by atoms with Gasteiger partial charge in [-0.2, -0.15) is 4.98 Å². The van der Waals surface area contributed by atoms with Crippen LogP contribution in [0.25, 0.3) is 11.2 Å². The molecule has 27 heavy (non-hydrogen) atoms. The van der Waals surface area contributed by atoms with Gasteiger partial charge in [-0.25, -0.2) is 15.0 Å². The van der Waals surface area contributed by atoms with E-state index in [1.807, 2.05) is 13.8 Å². The molecule has 6 heteroatoms. The Morgan fingerprint density at radius 3 is 3.00 bits per heavy atom. The highest BCUT2D eigenvalue weighted by Crippen LogP contribution is 2.31. The number of nitrogens with zero attached hydrogens (tertiary/aromatic N) is 5. The number of aliphatic imine (C=N–C) groups is 1. The first-order valence-corrected chi connectivity index (χ1v) is 9.40. The van der Waals surface area contributed by atoms with E-state index in [-0.39, 0.29) is 0 Å². The Bertz CT molecular complexity index is 972. The summed E-state index contributed by atoms with van der Waals surface area (Å²) < 4.78 is 1.78. The van der Waals surface area contributed by atoms with Crippen LogP contribution in [0.15, 0.2) is 11.3 Å². The van der Waals surface area contributed by atoms with E-state index in [0.717, 1.165) is 25.0 Å². The van der Waals surface area contributed by atoms with Gasteiger partial charge in [-0.1, -0.05) is 32.1 Å². The van der Waals surface area contributed by atoms with Crippen LogP contribution >= 0.6 is 0 Å². The first kappa shape index (κ1) is 19.1. The van der Waals surface area contributed by atoms with Crippen LogP contribution in [-0.2, 0) is 6.54 Å². The zero-order valence-corrected chi connectivity index (χ0v) is 16.2. The lowest BCUT2D eigenvalue weighted by molar-refractivity contribution is 0.0410. The van der Waals surface area contributed by atoms with Gasteiger partial charge in [-0.05, 0) is 44.4 Å². The van der Waals surface area contributed by atoms with E-state index in [4.69, 9.17) is 6.42 Å². The van der Waals surface area contributed by atoms with Crippen LogP contribution in [0.5, 0.6) is 0 Å². The molecule has 0 unspecified atom stereocenters. The maximum atomic E-state index is 10.8. The molecule has 2 aromatic heterocycles. The summed E-state index contributed by atoms with van der Waals surface area (Å²) in [5, 5.41) is 10.8. The van der Waals surface area contributed by atoms with E-state index in [1.54, 1.807) is 10.9 Å². The van der Waals surface area contributed by atoms with Crippen molar-refractivity contribution in [2.75, 3.05) is 0 Å². The molecule has 2 heterocycles. The monoisotopic (exact) mass is 363 g/mol. The van der Waals surface area contributed by atoms with Gasteiger partial charge in [0.2, 0.25) is 5.82 Å². The summed E-state index contributed by atoms with van der Waals surface area (Å²) in [6.45, 7) is 6.49. The van der Waals surface area contributed by atoms with Crippen molar-refractivity contribution in [2.45, 2.75) is 65.0 Å². The fourth-order valence-electron chi connectivity index (χ4n) is 3.35. The molecule has 1 saturated carbocycles. The number of hydrogen-bond donors (Lipinski definition) is 1. The largest absolute Gasteiger partial charge is 0.378 e. The van der Waals surface area contributed by atoms with Crippen LogP contribution in [0.1, 0.15) is 58.7 Å².